The molecule has 168 valence electrons. The summed E-state index contributed by atoms with van der Waals surface area (Å²) >= 11 is 0. The highest BCUT2D eigenvalue weighted by atomic mass is 19.1. The first-order valence-electron chi connectivity index (χ1n) is 11.4. The van der Waals surface area contributed by atoms with Gasteiger partial charge in [0.25, 0.3) is 5.91 Å². The second kappa shape index (κ2) is 9.92. The first kappa shape index (κ1) is 22.0. The monoisotopic (exact) mass is 428 g/mol. The van der Waals surface area contributed by atoms with Crippen molar-refractivity contribution in [1.29, 1.82) is 0 Å². The van der Waals surface area contributed by atoms with Gasteiger partial charge in [0, 0.05) is 38.9 Å². The number of hydrogen-bond donors (Lipinski definition) is 0. The van der Waals surface area contributed by atoms with Crippen LogP contribution in [0.5, 0.6) is 0 Å². The molecule has 2 fully saturated rings. The number of amides is 1. The van der Waals surface area contributed by atoms with Crippen molar-refractivity contribution < 1.29 is 13.9 Å². The zero-order chi connectivity index (χ0) is 21.8. The van der Waals surface area contributed by atoms with E-state index in [1.807, 2.05) is 37.1 Å². The Labute approximate surface area is 184 Å². The maximum atomic E-state index is 14.0. The fourth-order valence-corrected chi connectivity index (χ4v) is 4.75. The fraction of sp³-hybridized carbons (Fsp3) is 0.583. The van der Waals surface area contributed by atoms with Crippen LogP contribution in [-0.4, -0.2) is 64.4 Å². The van der Waals surface area contributed by atoms with Crippen molar-refractivity contribution in [2.24, 2.45) is 13.0 Å². The van der Waals surface area contributed by atoms with Gasteiger partial charge in [-0.15, -0.1) is 0 Å². The fourth-order valence-electron chi connectivity index (χ4n) is 4.75. The number of aromatic nitrogens is 2. The van der Waals surface area contributed by atoms with Gasteiger partial charge in [-0.2, -0.15) is 5.10 Å². The van der Waals surface area contributed by atoms with E-state index >= 15 is 0 Å². The Morgan fingerprint density at radius 2 is 2.00 bits per heavy atom. The molecule has 31 heavy (non-hydrogen) atoms. The van der Waals surface area contributed by atoms with Crippen molar-refractivity contribution in [3.63, 3.8) is 0 Å². The molecule has 2 aliphatic rings. The molecule has 0 spiro atoms. The van der Waals surface area contributed by atoms with E-state index < -0.39 is 0 Å². The average molecular weight is 429 g/mol. The molecule has 0 radical (unpaired) electrons. The third-order valence-corrected chi connectivity index (χ3v) is 6.49. The van der Waals surface area contributed by atoms with E-state index in [0.29, 0.717) is 24.7 Å². The Balaban J connectivity index is 1.37. The largest absolute Gasteiger partial charge is 0.376 e. The number of rotatable bonds is 7. The molecule has 2 saturated heterocycles. The molecule has 1 atom stereocenters. The van der Waals surface area contributed by atoms with Gasteiger partial charge in [-0.1, -0.05) is 18.2 Å². The van der Waals surface area contributed by atoms with Gasteiger partial charge in [-0.05, 0) is 63.7 Å². The van der Waals surface area contributed by atoms with Crippen LogP contribution in [0.15, 0.2) is 30.3 Å². The number of hydrogen-bond acceptors (Lipinski definition) is 4. The lowest BCUT2D eigenvalue weighted by Gasteiger charge is -2.35. The number of carbonyl (C=O) groups excluding carboxylic acids is 1. The third-order valence-electron chi connectivity index (χ3n) is 6.49. The molecule has 6 nitrogen and oxygen atoms in total. The molecule has 2 aliphatic heterocycles. The zero-order valence-electron chi connectivity index (χ0n) is 18.6. The van der Waals surface area contributed by atoms with E-state index in [0.717, 1.165) is 63.2 Å². The number of aryl methyl sites for hydroxylation is 2. The predicted octanol–water partition coefficient (Wildman–Crippen LogP) is 3.40. The summed E-state index contributed by atoms with van der Waals surface area (Å²) in [7, 11) is 1.83. The molecule has 1 unspecified atom stereocenters. The van der Waals surface area contributed by atoms with Crippen LogP contribution in [0.1, 0.15) is 47.4 Å². The van der Waals surface area contributed by atoms with Gasteiger partial charge in [-0.3, -0.25) is 14.4 Å². The summed E-state index contributed by atoms with van der Waals surface area (Å²) in [6.07, 6.45) is 4.21. The standard InChI is InChI=1S/C24H33FN4O2/c1-18-14-23(27(2)26-18)24(30)29(17-21-7-5-13-31-21)15-19-9-11-28(12-10-19)16-20-6-3-4-8-22(20)25/h3-4,6,8,14,19,21H,5,7,9-13,15-17H2,1-2H3. The van der Waals surface area contributed by atoms with E-state index in [4.69, 9.17) is 4.74 Å². The molecule has 4 rings (SSSR count). The van der Waals surface area contributed by atoms with E-state index in [1.54, 1.807) is 10.7 Å². The molecule has 0 saturated carbocycles. The lowest BCUT2D eigenvalue weighted by molar-refractivity contribution is 0.0436. The molecular weight excluding hydrogens is 395 g/mol. The van der Waals surface area contributed by atoms with E-state index in [-0.39, 0.29) is 17.8 Å². The highest BCUT2D eigenvalue weighted by Crippen LogP contribution is 2.23. The van der Waals surface area contributed by atoms with E-state index in [2.05, 4.69) is 10.00 Å². The molecule has 0 bridgehead atoms. The quantitative estimate of drug-likeness (QED) is 0.678. The molecule has 1 aromatic heterocycles. The predicted molar refractivity (Wildman–Crippen MR) is 117 cm³/mol. The number of nitrogens with zero attached hydrogens (tertiary/aromatic N) is 4. The van der Waals surface area contributed by atoms with Crippen molar-refractivity contribution in [3.8, 4) is 0 Å². The van der Waals surface area contributed by atoms with Crippen molar-refractivity contribution in [2.45, 2.75) is 45.3 Å². The van der Waals surface area contributed by atoms with Crippen molar-refractivity contribution in [2.75, 3.05) is 32.8 Å². The summed E-state index contributed by atoms with van der Waals surface area (Å²) in [4.78, 5) is 17.6. The zero-order valence-corrected chi connectivity index (χ0v) is 18.6. The molecule has 1 aromatic carbocycles. The van der Waals surface area contributed by atoms with E-state index in [1.165, 1.54) is 6.07 Å². The normalized spacial score (nSPS) is 20.3. The number of likely N-dealkylation sites (tertiary alicyclic amines) is 1. The van der Waals surface area contributed by atoms with Crippen molar-refractivity contribution in [3.05, 3.63) is 53.1 Å². The maximum Gasteiger partial charge on any atom is 0.272 e. The van der Waals surface area contributed by atoms with Crippen LogP contribution < -0.4 is 0 Å². The number of ether oxygens (including phenoxy) is 1. The molecule has 2 aromatic rings. The molecule has 3 heterocycles. The number of piperidine rings is 1. The Morgan fingerprint density at radius 1 is 1.23 bits per heavy atom. The summed E-state index contributed by atoms with van der Waals surface area (Å²) in [6, 6.07) is 8.87. The molecule has 7 heteroatoms. The second-order valence-corrected chi connectivity index (χ2v) is 8.95. The number of halogens is 1. The SMILES string of the molecule is Cc1cc(C(=O)N(CC2CCN(Cc3ccccc3F)CC2)CC2CCCO2)n(C)n1. The van der Waals surface area contributed by atoms with Crippen LogP contribution in [0.4, 0.5) is 4.39 Å². The average Bonchev–Trinajstić information content (AvgIpc) is 3.39. The number of benzene rings is 1. The minimum atomic E-state index is -0.135. The van der Waals surface area contributed by atoms with Crippen molar-refractivity contribution in [1.82, 2.24) is 19.6 Å². The van der Waals surface area contributed by atoms with Crippen LogP contribution >= 0.6 is 0 Å². The van der Waals surface area contributed by atoms with Crippen LogP contribution in [0.25, 0.3) is 0 Å². The van der Waals surface area contributed by atoms with Crippen LogP contribution in [0.2, 0.25) is 0 Å². The van der Waals surface area contributed by atoms with Gasteiger partial charge < -0.3 is 9.64 Å². The Hall–Kier alpha value is -2.25. The molecular formula is C24H33FN4O2. The highest BCUT2D eigenvalue weighted by Gasteiger charge is 2.29. The van der Waals surface area contributed by atoms with Gasteiger partial charge in [0.15, 0.2) is 0 Å². The first-order valence-corrected chi connectivity index (χ1v) is 11.4. The van der Waals surface area contributed by atoms with E-state index in [9.17, 15) is 9.18 Å². The Bertz CT molecular complexity index is 885. The lowest BCUT2D eigenvalue weighted by atomic mass is 9.95. The summed E-state index contributed by atoms with van der Waals surface area (Å²) in [5.41, 5.74) is 2.24. The smallest absolute Gasteiger partial charge is 0.272 e. The summed E-state index contributed by atoms with van der Waals surface area (Å²) in [5, 5.41) is 4.35. The Morgan fingerprint density at radius 3 is 2.65 bits per heavy atom. The number of carbonyl (C=O) groups is 1. The van der Waals surface area contributed by atoms with Crippen LogP contribution in [0.3, 0.4) is 0 Å². The van der Waals surface area contributed by atoms with Crippen molar-refractivity contribution >= 4 is 5.91 Å². The van der Waals surface area contributed by atoms with Gasteiger partial charge in [0.05, 0.1) is 11.8 Å². The molecule has 1 amide bonds. The summed E-state index contributed by atoms with van der Waals surface area (Å²) < 4.78 is 21.5. The first-order chi connectivity index (χ1) is 15.0. The van der Waals surface area contributed by atoms with Gasteiger partial charge in [0.2, 0.25) is 0 Å². The molecule has 0 N–H and O–H groups in total. The minimum Gasteiger partial charge on any atom is -0.376 e. The Kier molecular flexibility index (Phi) is 7.02. The second-order valence-electron chi connectivity index (χ2n) is 8.95. The van der Waals surface area contributed by atoms with Crippen LogP contribution in [0, 0.1) is 18.7 Å². The lowest BCUT2D eigenvalue weighted by Crippen LogP contribution is -2.44. The maximum absolute atomic E-state index is 14.0. The summed E-state index contributed by atoms with van der Waals surface area (Å²) in [5.74, 6) is 0.341. The third kappa shape index (κ3) is 5.52. The minimum absolute atomic E-state index is 0.0346. The van der Waals surface area contributed by atoms with Crippen LogP contribution in [-0.2, 0) is 18.3 Å². The van der Waals surface area contributed by atoms with Gasteiger partial charge in [0.1, 0.15) is 11.5 Å². The molecule has 0 aliphatic carbocycles. The topological polar surface area (TPSA) is 50.6 Å². The highest BCUT2D eigenvalue weighted by molar-refractivity contribution is 5.92. The van der Waals surface area contributed by atoms with Gasteiger partial charge >= 0.3 is 0 Å². The van der Waals surface area contributed by atoms with Gasteiger partial charge in [-0.25, -0.2) is 4.39 Å². The summed E-state index contributed by atoms with van der Waals surface area (Å²) in [6.45, 7) is 6.55.